The summed E-state index contributed by atoms with van der Waals surface area (Å²) in [5, 5.41) is 0. The molecule has 1 heterocycles. The number of nitrogens with zero attached hydrogens (tertiary/aromatic N) is 1. The summed E-state index contributed by atoms with van der Waals surface area (Å²) >= 11 is 0. The normalized spacial score (nSPS) is 20.4. The van der Waals surface area contributed by atoms with Crippen LogP contribution in [0.2, 0.25) is 0 Å². The van der Waals surface area contributed by atoms with Crippen molar-refractivity contribution >= 4 is 17.5 Å². The van der Waals surface area contributed by atoms with E-state index < -0.39 is 17.8 Å². The van der Waals surface area contributed by atoms with Crippen molar-refractivity contribution in [2.45, 2.75) is 53.1 Å². The molecule has 0 saturated carbocycles. The van der Waals surface area contributed by atoms with Gasteiger partial charge in [-0.2, -0.15) is 0 Å². The van der Waals surface area contributed by atoms with Gasteiger partial charge in [0.2, 0.25) is 0 Å². The first kappa shape index (κ1) is 27.6. The van der Waals surface area contributed by atoms with Crippen molar-refractivity contribution in [1.29, 1.82) is 0 Å². The molecule has 2 aliphatic rings. The number of rotatable bonds is 10. The van der Waals surface area contributed by atoms with E-state index in [4.69, 9.17) is 23.9 Å². The number of benzene rings is 2. The van der Waals surface area contributed by atoms with Crippen molar-refractivity contribution in [1.82, 2.24) is 0 Å². The van der Waals surface area contributed by atoms with Gasteiger partial charge >= 0.3 is 5.97 Å². The predicted molar refractivity (Wildman–Crippen MR) is 146 cm³/mol. The first-order chi connectivity index (χ1) is 18.2. The number of ketones is 1. The van der Waals surface area contributed by atoms with Crippen LogP contribution < -0.4 is 9.47 Å². The lowest BCUT2D eigenvalue weighted by Gasteiger charge is -2.39. The summed E-state index contributed by atoms with van der Waals surface area (Å²) in [4.78, 5) is 31.7. The zero-order valence-corrected chi connectivity index (χ0v) is 22.9. The summed E-state index contributed by atoms with van der Waals surface area (Å²) < 4.78 is 22.7. The Morgan fingerprint density at radius 3 is 2.53 bits per heavy atom. The van der Waals surface area contributed by atoms with Gasteiger partial charge in [-0.1, -0.05) is 50.2 Å². The van der Waals surface area contributed by atoms with Gasteiger partial charge in [0.05, 0.1) is 13.7 Å². The van der Waals surface area contributed by atoms with Gasteiger partial charge in [0.1, 0.15) is 19.1 Å². The Balaban J connectivity index is 1.70. The topological polar surface area (TPSA) is 83.4 Å². The van der Waals surface area contributed by atoms with E-state index in [1.54, 1.807) is 7.11 Å². The molecule has 0 saturated heterocycles. The van der Waals surface area contributed by atoms with Gasteiger partial charge in [-0.05, 0) is 48.9 Å². The molecular formula is C31H37NO6. The first-order valence-electron chi connectivity index (χ1n) is 13.1. The van der Waals surface area contributed by atoms with Crippen LogP contribution in [0, 0.1) is 11.3 Å². The van der Waals surface area contributed by atoms with Gasteiger partial charge < -0.3 is 18.9 Å². The smallest absolute Gasteiger partial charge is 0.315 e. The Hall–Kier alpha value is -3.45. The summed E-state index contributed by atoms with van der Waals surface area (Å²) in [5.41, 5.74) is 3.64. The second-order valence-electron chi connectivity index (χ2n) is 10.6. The lowest BCUT2D eigenvalue weighted by molar-refractivity contribution is -0.148. The third-order valence-corrected chi connectivity index (χ3v) is 7.02. The number of esters is 1. The van der Waals surface area contributed by atoms with Crippen molar-refractivity contribution in [3.63, 3.8) is 0 Å². The molecule has 0 aromatic heterocycles. The SMILES string of the molecule is CCOCCOC(=O)C1C(C)=NC2=C(C(=O)CC(C)(C)C2)[C@@H]1c1ccc(OCc2ccccc2)c(OC)c1. The van der Waals surface area contributed by atoms with Gasteiger partial charge in [0.15, 0.2) is 17.3 Å². The maximum Gasteiger partial charge on any atom is 0.315 e. The zero-order valence-electron chi connectivity index (χ0n) is 22.9. The number of carbonyl (C=O) groups is 2. The molecule has 0 amide bonds. The molecule has 0 spiro atoms. The maximum absolute atomic E-state index is 13.5. The minimum absolute atomic E-state index is 0.0213. The van der Waals surface area contributed by atoms with E-state index in [0.29, 0.717) is 55.4 Å². The van der Waals surface area contributed by atoms with Crippen LogP contribution in [0.25, 0.3) is 0 Å². The quantitative estimate of drug-likeness (QED) is 0.297. The molecular weight excluding hydrogens is 482 g/mol. The van der Waals surface area contributed by atoms with Gasteiger partial charge in [-0.25, -0.2) is 0 Å². The van der Waals surface area contributed by atoms with Crippen LogP contribution in [0.15, 0.2) is 64.8 Å². The van der Waals surface area contributed by atoms with E-state index in [0.717, 1.165) is 16.8 Å². The number of ether oxygens (including phenoxy) is 4. The number of hydrogen-bond acceptors (Lipinski definition) is 7. The van der Waals surface area contributed by atoms with Crippen LogP contribution >= 0.6 is 0 Å². The Kier molecular flexibility index (Phi) is 8.67. The van der Waals surface area contributed by atoms with Crippen LogP contribution in [0.5, 0.6) is 11.5 Å². The van der Waals surface area contributed by atoms with Gasteiger partial charge in [0, 0.05) is 35.9 Å². The summed E-state index contributed by atoms with van der Waals surface area (Å²) in [6, 6.07) is 15.5. The van der Waals surface area contributed by atoms with Crippen LogP contribution in [0.1, 0.15) is 57.6 Å². The van der Waals surface area contributed by atoms with E-state index in [2.05, 4.69) is 13.8 Å². The number of allylic oxidation sites excluding steroid dienone is 2. The first-order valence-corrected chi connectivity index (χ1v) is 13.1. The molecule has 1 aliphatic carbocycles. The molecule has 202 valence electrons. The largest absolute Gasteiger partial charge is 0.493 e. The zero-order chi connectivity index (χ0) is 27.3. The van der Waals surface area contributed by atoms with Crippen LogP contribution in [0.3, 0.4) is 0 Å². The number of aliphatic imine (C=N–C) groups is 1. The molecule has 2 aromatic rings. The number of Topliss-reactive ketones (excluding diaryl/α,β-unsaturated/α-hetero) is 1. The molecule has 38 heavy (non-hydrogen) atoms. The molecule has 0 N–H and O–H groups in total. The average molecular weight is 520 g/mol. The molecule has 7 heteroatoms. The molecule has 1 aliphatic heterocycles. The standard InChI is InChI=1S/C31H37NO6/c1-6-36-14-15-37-30(34)27-20(2)32-23-17-31(3,4)18-24(33)29(23)28(27)22-12-13-25(26(16-22)35-5)38-19-21-10-8-7-9-11-21/h7-13,16,27-28H,6,14-15,17-19H2,1-5H3/t27?,28-/m1/s1. The molecule has 1 unspecified atom stereocenters. The van der Waals surface area contributed by atoms with Crippen molar-refractivity contribution in [2.75, 3.05) is 26.9 Å². The highest BCUT2D eigenvalue weighted by atomic mass is 16.6. The van der Waals surface area contributed by atoms with E-state index in [9.17, 15) is 9.59 Å². The lowest BCUT2D eigenvalue weighted by Crippen LogP contribution is -2.39. The highest BCUT2D eigenvalue weighted by Crippen LogP contribution is 2.49. The van der Waals surface area contributed by atoms with E-state index in [-0.39, 0.29) is 17.8 Å². The summed E-state index contributed by atoms with van der Waals surface area (Å²) in [5.74, 6) is -0.518. The highest BCUT2D eigenvalue weighted by Gasteiger charge is 2.46. The summed E-state index contributed by atoms with van der Waals surface area (Å²) in [6.07, 6.45) is 1.07. The van der Waals surface area contributed by atoms with E-state index in [1.165, 1.54) is 0 Å². The van der Waals surface area contributed by atoms with Crippen LogP contribution in [0.4, 0.5) is 0 Å². The fourth-order valence-corrected chi connectivity index (χ4v) is 5.28. The van der Waals surface area contributed by atoms with Crippen molar-refractivity contribution < 1.29 is 28.5 Å². The number of carbonyl (C=O) groups excluding carboxylic acids is 2. The molecule has 7 nitrogen and oxygen atoms in total. The van der Waals surface area contributed by atoms with Crippen LogP contribution in [-0.4, -0.2) is 44.4 Å². The molecule has 2 aromatic carbocycles. The Labute approximate surface area is 224 Å². The predicted octanol–water partition coefficient (Wildman–Crippen LogP) is 5.67. The number of methoxy groups -OCH3 is 1. The summed E-state index contributed by atoms with van der Waals surface area (Å²) in [7, 11) is 1.58. The second kappa shape index (κ2) is 11.9. The lowest BCUT2D eigenvalue weighted by atomic mass is 9.67. The van der Waals surface area contributed by atoms with Crippen molar-refractivity contribution in [3.8, 4) is 11.5 Å². The third kappa shape index (κ3) is 6.16. The monoisotopic (exact) mass is 519 g/mol. The van der Waals surface area contributed by atoms with Crippen LogP contribution in [-0.2, 0) is 25.7 Å². The Bertz CT molecular complexity index is 1230. The van der Waals surface area contributed by atoms with E-state index >= 15 is 0 Å². The molecule has 4 rings (SSSR count). The minimum atomic E-state index is -0.721. The Morgan fingerprint density at radius 1 is 1.05 bits per heavy atom. The Morgan fingerprint density at radius 2 is 1.82 bits per heavy atom. The fraction of sp³-hybridized carbons (Fsp3) is 0.452. The molecule has 0 radical (unpaired) electrons. The maximum atomic E-state index is 13.5. The third-order valence-electron chi connectivity index (χ3n) is 7.02. The van der Waals surface area contributed by atoms with Gasteiger partial charge in [-0.15, -0.1) is 0 Å². The average Bonchev–Trinajstić information content (AvgIpc) is 2.88. The van der Waals surface area contributed by atoms with Gasteiger partial charge in [0.25, 0.3) is 0 Å². The highest BCUT2D eigenvalue weighted by molar-refractivity contribution is 6.09. The summed E-state index contributed by atoms with van der Waals surface area (Å²) in [6.45, 7) is 9.28. The molecule has 2 atom stereocenters. The van der Waals surface area contributed by atoms with E-state index in [1.807, 2.05) is 62.4 Å². The molecule has 0 fully saturated rings. The number of hydrogen-bond donors (Lipinski definition) is 0. The van der Waals surface area contributed by atoms with Crippen molar-refractivity contribution in [2.24, 2.45) is 16.3 Å². The minimum Gasteiger partial charge on any atom is -0.493 e. The fourth-order valence-electron chi connectivity index (χ4n) is 5.28. The molecule has 0 bridgehead atoms. The van der Waals surface area contributed by atoms with Gasteiger partial charge in [-0.3, -0.25) is 14.6 Å². The second-order valence-corrected chi connectivity index (χ2v) is 10.6. The van der Waals surface area contributed by atoms with Crippen molar-refractivity contribution in [3.05, 3.63) is 70.9 Å².